The molecule has 1 aliphatic rings. The van der Waals surface area contributed by atoms with E-state index in [-0.39, 0.29) is 24.5 Å². The number of nitrogens with one attached hydrogen (secondary N) is 1. The van der Waals surface area contributed by atoms with E-state index in [1.54, 1.807) is 24.3 Å². The summed E-state index contributed by atoms with van der Waals surface area (Å²) in [6.45, 7) is 1.77. The van der Waals surface area contributed by atoms with E-state index in [4.69, 9.17) is 9.47 Å². The Kier molecular flexibility index (Phi) is 9.18. The van der Waals surface area contributed by atoms with Crippen LogP contribution >= 0.6 is 23.1 Å². The predicted octanol–water partition coefficient (Wildman–Crippen LogP) is 6.62. The van der Waals surface area contributed by atoms with Crippen LogP contribution in [0.15, 0.2) is 52.9 Å². The van der Waals surface area contributed by atoms with Gasteiger partial charge in [0.1, 0.15) is 10.6 Å². The first-order chi connectivity index (χ1) is 20.1. The summed E-state index contributed by atoms with van der Waals surface area (Å²) in [5.74, 6) is -12.2. The van der Waals surface area contributed by atoms with Crippen LogP contribution in [0, 0.1) is 36.0 Å². The fourth-order valence-electron chi connectivity index (χ4n) is 4.25. The van der Waals surface area contributed by atoms with E-state index in [1.807, 2.05) is 19.1 Å². The van der Waals surface area contributed by atoms with Gasteiger partial charge in [-0.05, 0) is 30.2 Å². The van der Waals surface area contributed by atoms with E-state index in [2.05, 4.69) is 15.5 Å². The van der Waals surface area contributed by atoms with Gasteiger partial charge in [0.25, 0.3) is 5.91 Å². The van der Waals surface area contributed by atoms with Crippen LogP contribution in [0.2, 0.25) is 0 Å². The van der Waals surface area contributed by atoms with Gasteiger partial charge >= 0.3 is 0 Å². The molecule has 0 spiro atoms. The highest BCUT2D eigenvalue weighted by Crippen LogP contribution is 2.40. The highest BCUT2D eigenvalue weighted by Gasteiger charge is 2.33. The molecule has 14 heteroatoms. The van der Waals surface area contributed by atoms with Crippen LogP contribution in [0.4, 0.5) is 27.6 Å². The maximum absolute atomic E-state index is 14.1. The summed E-state index contributed by atoms with van der Waals surface area (Å²) >= 11 is 2.98. The first-order valence-corrected chi connectivity index (χ1v) is 14.3. The van der Waals surface area contributed by atoms with Crippen molar-refractivity contribution in [1.82, 2.24) is 10.2 Å². The topological polar surface area (TPSA) is 93.6 Å². The molecule has 1 amide bonds. The summed E-state index contributed by atoms with van der Waals surface area (Å²) in [4.78, 5) is 12.4. The van der Waals surface area contributed by atoms with Gasteiger partial charge in [-0.1, -0.05) is 59.5 Å². The lowest BCUT2D eigenvalue weighted by molar-refractivity contribution is -0.245. The number of aromatic nitrogens is 2. The summed E-state index contributed by atoms with van der Waals surface area (Å²) in [6.07, 6.45) is -0.903. The number of aliphatic hydroxyl groups excluding tert-OH is 1. The van der Waals surface area contributed by atoms with Gasteiger partial charge in [-0.15, -0.1) is 10.2 Å². The highest BCUT2D eigenvalue weighted by molar-refractivity contribution is 8.01. The smallest absolute Gasteiger partial charge is 0.261 e. The van der Waals surface area contributed by atoms with Gasteiger partial charge in [0, 0.05) is 23.4 Å². The maximum atomic E-state index is 14.1. The van der Waals surface area contributed by atoms with Crippen molar-refractivity contribution < 1.29 is 41.3 Å². The molecule has 3 unspecified atom stereocenters. The SMILES string of the molecule is Cc1nnc(SCC2CC(c3ccc(CO)cc3)OC(c3ccc(NC(=O)c4c(F)c(F)c(F)c(F)c4F)cc3)O2)s1. The van der Waals surface area contributed by atoms with E-state index >= 15 is 0 Å². The number of benzene rings is 3. The number of aryl methyl sites for hydroxylation is 1. The summed E-state index contributed by atoms with van der Waals surface area (Å²) in [7, 11) is 0. The Balaban J connectivity index is 1.33. The van der Waals surface area contributed by atoms with Crippen molar-refractivity contribution in [3.05, 3.63) is 105 Å². The second-order valence-corrected chi connectivity index (χ2v) is 11.7. The molecule has 5 rings (SSSR count). The van der Waals surface area contributed by atoms with E-state index < -0.39 is 46.8 Å². The van der Waals surface area contributed by atoms with Gasteiger partial charge in [0.2, 0.25) is 5.82 Å². The molecule has 7 nitrogen and oxygen atoms in total. The average molecular weight is 624 g/mol. The van der Waals surface area contributed by atoms with E-state index in [0.29, 0.717) is 17.7 Å². The molecule has 220 valence electrons. The van der Waals surface area contributed by atoms with Crippen LogP contribution < -0.4 is 5.32 Å². The zero-order valence-corrected chi connectivity index (χ0v) is 23.4. The molecular weight excluding hydrogens is 601 g/mol. The van der Waals surface area contributed by atoms with Crippen molar-refractivity contribution in [3.63, 3.8) is 0 Å². The largest absolute Gasteiger partial charge is 0.392 e. The summed E-state index contributed by atoms with van der Waals surface area (Å²) in [5, 5.41) is 20.5. The highest BCUT2D eigenvalue weighted by atomic mass is 32.2. The molecule has 1 aliphatic heterocycles. The minimum Gasteiger partial charge on any atom is -0.392 e. The number of carbonyl (C=O) groups is 1. The van der Waals surface area contributed by atoms with Crippen molar-refractivity contribution in [1.29, 1.82) is 0 Å². The standard InChI is InChI=1S/C28H22F5N3O4S2/c1-13-35-36-28(42-13)41-12-18-10-19(15-4-2-14(11-37)3-5-15)40-27(39-18)16-6-8-17(9-7-16)34-26(38)20-21(29)23(31)25(33)24(32)22(20)30/h2-9,18-19,27,37H,10-12H2,1H3,(H,34,38). The third-order valence-electron chi connectivity index (χ3n) is 6.39. The van der Waals surface area contributed by atoms with Crippen molar-refractivity contribution >= 4 is 34.7 Å². The first-order valence-electron chi connectivity index (χ1n) is 12.5. The van der Waals surface area contributed by atoms with Crippen molar-refractivity contribution in [2.75, 3.05) is 11.1 Å². The monoisotopic (exact) mass is 623 g/mol. The number of rotatable bonds is 8. The fraction of sp³-hybridized carbons (Fsp3) is 0.250. The second-order valence-electron chi connectivity index (χ2n) is 9.27. The van der Waals surface area contributed by atoms with Crippen LogP contribution in [0.3, 0.4) is 0 Å². The first kappa shape index (κ1) is 30.0. The van der Waals surface area contributed by atoms with Crippen LogP contribution in [-0.2, 0) is 16.1 Å². The molecule has 2 heterocycles. The second kappa shape index (κ2) is 12.8. The number of aliphatic hydroxyl groups is 1. The van der Waals surface area contributed by atoms with Crippen LogP contribution in [0.5, 0.6) is 0 Å². The molecule has 4 aromatic rings. The quantitative estimate of drug-likeness (QED) is 0.0986. The van der Waals surface area contributed by atoms with Crippen LogP contribution in [-0.4, -0.2) is 33.1 Å². The van der Waals surface area contributed by atoms with E-state index in [0.717, 1.165) is 20.5 Å². The van der Waals surface area contributed by atoms with Crippen LogP contribution in [0.25, 0.3) is 0 Å². The van der Waals surface area contributed by atoms with Crippen molar-refractivity contribution in [3.8, 4) is 0 Å². The lowest BCUT2D eigenvalue weighted by Gasteiger charge is -2.36. The van der Waals surface area contributed by atoms with Gasteiger partial charge in [-0.2, -0.15) is 0 Å². The molecule has 0 radical (unpaired) electrons. The van der Waals surface area contributed by atoms with E-state index in [1.165, 1.54) is 35.2 Å². The van der Waals surface area contributed by atoms with E-state index in [9.17, 15) is 31.9 Å². The molecular formula is C28H22F5N3O4S2. The van der Waals surface area contributed by atoms with Gasteiger partial charge in [-0.3, -0.25) is 4.79 Å². The Bertz CT molecular complexity index is 1560. The Labute approximate surface area is 244 Å². The van der Waals surface area contributed by atoms with Crippen LogP contribution in [0.1, 0.15) is 50.9 Å². The fourth-order valence-corrected chi connectivity index (χ4v) is 6.10. The molecule has 3 atom stereocenters. The Morgan fingerprint density at radius 1 is 0.929 bits per heavy atom. The summed E-state index contributed by atoms with van der Waals surface area (Å²) < 4.78 is 81.8. The maximum Gasteiger partial charge on any atom is 0.261 e. The number of ether oxygens (including phenoxy) is 2. The molecule has 1 fully saturated rings. The Morgan fingerprint density at radius 2 is 1.55 bits per heavy atom. The molecule has 1 saturated heterocycles. The number of anilines is 1. The third kappa shape index (κ3) is 6.47. The number of thioether (sulfide) groups is 1. The molecule has 1 aromatic heterocycles. The molecule has 0 saturated carbocycles. The lowest BCUT2D eigenvalue weighted by Crippen LogP contribution is -2.31. The molecule has 0 bridgehead atoms. The van der Waals surface area contributed by atoms with Gasteiger partial charge in [0.15, 0.2) is 33.9 Å². The number of carbonyl (C=O) groups excluding carboxylic acids is 1. The molecule has 2 N–H and O–H groups in total. The molecule has 0 aliphatic carbocycles. The third-order valence-corrected chi connectivity index (χ3v) is 8.50. The minimum absolute atomic E-state index is 0.0402. The van der Waals surface area contributed by atoms with Crippen molar-refractivity contribution in [2.24, 2.45) is 0 Å². The number of amides is 1. The predicted molar refractivity (Wildman–Crippen MR) is 144 cm³/mol. The summed E-state index contributed by atoms with van der Waals surface area (Å²) in [5.41, 5.74) is 0.648. The number of nitrogens with zero attached hydrogens (tertiary/aromatic N) is 2. The van der Waals surface area contributed by atoms with Crippen molar-refractivity contribution in [2.45, 2.75) is 42.8 Å². The molecule has 42 heavy (non-hydrogen) atoms. The van der Waals surface area contributed by atoms with Gasteiger partial charge in [-0.25, -0.2) is 22.0 Å². The normalized spacial score (nSPS) is 18.7. The number of hydrogen-bond acceptors (Lipinski definition) is 8. The zero-order valence-electron chi connectivity index (χ0n) is 21.7. The molecule has 3 aromatic carbocycles. The number of halogens is 5. The van der Waals surface area contributed by atoms with Gasteiger partial charge in [0.05, 0.1) is 18.8 Å². The average Bonchev–Trinajstić information content (AvgIpc) is 3.43. The lowest BCUT2D eigenvalue weighted by atomic mass is 10.0. The summed E-state index contributed by atoms with van der Waals surface area (Å²) in [6, 6.07) is 13.2. The Morgan fingerprint density at radius 3 is 2.14 bits per heavy atom. The zero-order chi connectivity index (χ0) is 30.0. The number of hydrogen-bond donors (Lipinski definition) is 2. The van der Waals surface area contributed by atoms with Gasteiger partial charge < -0.3 is 19.9 Å². The Hall–Kier alpha value is -3.43. The minimum atomic E-state index is -2.35.